The first kappa shape index (κ1) is 17.2. The summed E-state index contributed by atoms with van der Waals surface area (Å²) in [4.78, 5) is 38.1. The maximum absolute atomic E-state index is 12.3. The van der Waals surface area contributed by atoms with Crippen LogP contribution in [0.3, 0.4) is 0 Å². The van der Waals surface area contributed by atoms with Gasteiger partial charge in [-0.2, -0.15) is 0 Å². The Hall–Kier alpha value is -2.63. The van der Waals surface area contributed by atoms with Gasteiger partial charge in [-0.3, -0.25) is 9.59 Å². The molecule has 1 aliphatic heterocycles. The number of piperidine rings is 1. The van der Waals surface area contributed by atoms with Gasteiger partial charge in [0.1, 0.15) is 5.58 Å². The van der Waals surface area contributed by atoms with E-state index in [2.05, 4.69) is 13.8 Å². The van der Waals surface area contributed by atoms with Gasteiger partial charge in [0.05, 0.1) is 5.39 Å². The molecule has 6 heteroatoms. The average molecular weight is 343 g/mol. The summed E-state index contributed by atoms with van der Waals surface area (Å²) in [5, 5.41) is 0.395. The number of benzene rings is 1. The van der Waals surface area contributed by atoms with Gasteiger partial charge in [0.15, 0.2) is 12.0 Å². The first-order valence-electron chi connectivity index (χ1n) is 8.42. The molecule has 2 heterocycles. The van der Waals surface area contributed by atoms with Crippen LogP contribution < -0.4 is 5.43 Å². The number of esters is 1. The van der Waals surface area contributed by atoms with E-state index >= 15 is 0 Å². The maximum Gasteiger partial charge on any atom is 0.374 e. The van der Waals surface area contributed by atoms with Crippen molar-refractivity contribution in [2.75, 3.05) is 19.7 Å². The molecule has 3 rings (SSSR count). The molecule has 0 aliphatic carbocycles. The van der Waals surface area contributed by atoms with Gasteiger partial charge >= 0.3 is 5.97 Å². The second kappa shape index (κ2) is 7.09. The molecule has 6 nitrogen and oxygen atoms in total. The Morgan fingerprint density at radius 3 is 2.60 bits per heavy atom. The molecule has 1 saturated heterocycles. The summed E-state index contributed by atoms with van der Waals surface area (Å²) in [6.07, 6.45) is 1.09. The summed E-state index contributed by atoms with van der Waals surface area (Å²) < 4.78 is 10.5. The fourth-order valence-electron chi connectivity index (χ4n) is 3.36. The second-order valence-electron chi connectivity index (χ2n) is 6.79. The lowest BCUT2D eigenvalue weighted by molar-refractivity contribution is -0.137. The highest BCUT2D eigenvalue weighted by Gasteiger charge is 2.26. The number of para-hydroxylation sites is 1. The standard InChI is InChI=1S/C19H21NO5/c1-12-7-13(2)10-20(9-12)18(22)11-24-19(23)17-8-15(21)14-5-3-4-6-16(14)25-17/h3-6,8,12-13H,7,9-11H2,1-2H3/t12-,13+. The minimum atomic E-state index is -0.811. The molecule has 25 heavy (non-hydrogen) atoms. The molecule has 1 amide bonds. The normalized spacial score (nSPS) is 20.5. The number of hydrogen-bond donors (Lipinski definition) is 0. The summed E-state index contributed by atoms with van der Waals surface area (Å²) in [5.74, 6) is -0.370. The predicted octanol–water partition coefficient (Wildman–Crippen LogP) is 2.45. The van der Waals surface area contributed by atoms with Crippen LogP contribution in [0.4, 0.5) is 0 Å². The van der Waals surface area contributed by atoms with E-state index in [9.17, 15) is 14.4 Å². The summed E-state index contributed by atoms with van der Waals surface area (Å²) in [5.41, 5.74) is -0.00855. The number of nitrogens with zero attached hydrogens (tertiary/aromatic N) is 1. The smallest absolute Gasteiger partial charge is 0.374 e. The summed E-state index contributed by atoms with van der Waals surface area (Å²) in [6, 6.07) is 7.76. The molecule has 1 fully saturated rings. The minimum Gasteiger partial charge on any atom is -0.450 e. The van der Waals surface area contributed by atoms with Crippen molar-refractivity contribution in [1.82, 2.24) is 4.90 Å². The largest absolute Gasteiger partial charge is 0.450 e. The van der Waals surface area contributed by atoms with Crippen LogP contribution in [0, 0.1) is 11.8 Å². The Kier molecular flexibility index (Phi) is 4.88. The molecule has 0 spiro atoms. The third kappa shape index (κ3) is 3.90. The van der Waals surface area contributed by atoms with Crippen LogP contribution in [0.5, 0.6) is 0 Å². The van der Waals surface area contributed by atoms with Crippen molar-refractivity contribution in [2.24, 2.45) is 11.8 Å². The third-order valence-electron chi connectivity index (χ3n) is 4.38. The Morgan fingerprint density at radius 1 is 1.20 bits per heavy atom. The molecule has 2 atom stereocenters. The summed E-state index contributed by atoms with van der Waals surface area (Å²) in [7, 11) is 0. The van der Waals surface area contributed by atoms with E-state index < -0.39 is 5.97 Å². The van der Waals surface area contributed by atoms with Gasteiger partial charge in [0.2, 0.25) is 5.76 Å². The maximum atomic E-state index is 12.3. The molecule has 0 saturated carbocycles. The molecule has 1 aliphatic rings. The van der Waals surface area contributed by atoms with Crippen molar-refractivity contribution in [3.05, 3.63) is 46.3 Å². The molecule has 0 N–H and O–H groups in total. The first-order valence-corrected chi connectivity index (χ1v) is 8.42. The van der Waals surface area contributed by atoms with Crippen molar-refractivity contribution >= 4 is 22.8 Å². The van der Waals surface area contributed by atoms with Gasteiger partial charge in [0.25, 0.3) is 5.91 Å². The van der Waals surface area contributed by atoms with Gasteiger partial charge in [-0.05, 0) is 30.4 Å². The second-order valence-corrected chi connectivity index (χ2v) is 6.79. The fraction of sp³-hybridized carbons (Fsp3) is 0.421. The number of hydrogen-bond acceptors (Lipinski definition) is 5. The molecule has 1 aromatic carbocycles. The van der Waals surface area contributed by atoms with E-state index in [0.717, 1.165) is 12.5 Å². The molecular formula is C19H21NO5. The average Bonchev–Trinajstić information content (AvgIpc) is 2.58. The zero-order valence-corrected chi connectivity index (χ0v) is 14.4. The summed E-state index contributed by atoms with van der Waals surface area (Å²) in [6.45, 7) is 5.20. The lowest BCUT2D eigenvalue weighted by Crippen LogP contribution is -2.44. The van der Waals surface area contributed by atoms with Crippen LogP contribution in [-0.2, 0) is 9.53 Å². The third-order valence-corrected chi connectivity index (χ3v) is 4.38. The van der Waals surface area contributed by atoms with Crippen molar-refractivity contribution < 1.29 is 18.7 Å². The Labute approximate surface area is 145 Å². The number of amides is 1. The SMILES string of the molecule is C[C@@H]1C[C@H](C)CN(C(=O)COC(=O)c2cc(=O)c3ccccc3o2)C1. The number of rotatable bonds is 3. The molecule has 0 radical (unpaired) electrons. The van der Waals surface area contributed by atoms with Crippen molar-refractivity contribution in [1.29, 1.82) is 0 Å². The van der Waals surface area contributed by atoms with Gasteiger partial charge in [0, 0.05) is 19.2 Å². The highest BCUT2D eigenvalue weighted by molar-refractivity contribution is 5.90. The van der Waals surface area contributed by atoms with Crippen LogP contribution in [0.1, 0.15) is 30.8 Å². The fourth-order valence-corrected chi connectivity index (χ4v) is 3.36. The van der Waals surface area contributed by atoms with Gasteiger partial charge in [-0.25, -0.2) is 4.79 Å². The first-order chi connectivity index (χ1) is 11.9. The highest BCUT2D eigenvalue weighted by atomic mass is 16.5. The summed E-state index contributed by atoms with van der Waals surface area (Å²) >= 11 is 0. The van der Waals surface area contributed by atoms with E-state index in [4.69, 9.17) is 9.15 Å². The van der Waals surface area contributed by atoms with Gasteiger partial charge < -0.3 is 14.1 Å². The van der Waals surface area contributed by atoms with Crippen molar-refractivity contribution in [2.45, 2.75) is 20.3 Å². The molecule has 132 valence electrons. The van der Waals surface area contributed by atoms with Crippen LogP contribution >= 0.6 is 0 Å². The monoisotopic (exact) mass is 343 g/mol. The predicted molar refractivity (Wildman–Crippen MR) is 92.3 cm³/mol. The topological polar surface area (TPSA) is 76.8 Å². The highest BCUT2D eigenvalue weighted by Crippen LogP contribution is 2.21. The molecule has 0 bridgehead atoms. The lowest BCUT2D eigenvalue weighted by Gasteiger charge is -2.34. The van der Waals surface area contributed by atoms with Crippen LogP contribution in [0.2, 0.25) is 0 Å². The molecule has 2 aromatic rings. The Bertz CT molecular complexity index is 846. The molecule has 1 aromatic heterocycles. The van der Waals surface area contributed by atoms with E-state index in [-0.39, 0.29) is 23.7 Å². The minimum absolute atomic E-state index is 0.197. The number of carbonyl (C=O) groups excluding carboxylic acids is 2. The molecule has 0 unspecified atom stereocenters. The van der Waals surface area contributed by atoms with Crippen LogP contribution in [0.25, 0.3) is 11.0 Å². The van der Waals surface area contributed by atoms with E-state index in [1.807, 2.05) is 0 Å². The Morgan fingerprint density at radius 2 is 1.88 bits per heavy atom. The van der Waals surface area contributed by atoms with E-state index in [1.165, 1.54) is 0 Å². The van der Waals surface area contributed by atoms with E-state index in [0.29, 0.717) is 35.9 Å². The molecular weight excluding hydrogens is 322 g/mol. The zero-order chi connectivity index (χ0) is 18.0. The quantitative estimate of drug-likeness (QED) is 0.800. The number of ether oxygens (including phenoxy) is 1. The van der Waals surface area contributed by atoms with Crippen molar-refractivity contribution in [3.8, 4) is 0 Å². The van der Waals surface area contributed by atoms with Gasteiger partial charge in [-0.15, -0.1) is 0 Å². The number of likely N-dealkylation sites (tertiary alicyclic amines) is 1. The van der Waals surface area contributed by atoms with Crippen LogP contribution in [-0.4, -0.2) is 36.5 Å². The number of carbonyl (C=O) groups is 2. The van der Waals surface area contributed by atoms with Crippen LogP contribution in [0.15, 0.2) is 39.5 Å². The van der Waals surface area contributed by atoms with Gasteiger partial charge in [-0.1, -0.05) is 26.0 Å². The Balaban J connectivity index is 1.66. The lowest BCUT2D eigenvalue weighted by atomic mass is 9.92. The number of fused-ring (bicyclic) bond motifs is 1. The van der Waals surface area contributed by atoms with Crippen molar-refractivity contribution in [3.63, 3.8) is 0 Å². The van der Waals surface area contributed by atoms with E-state index in [1.54, 1.807) is 29.2 Å². The zero-order valence-electron chi connectivity index (χ0n) is 14.4.